The molecule has 18 heavy (non-hydrogen) atoms. The largest absolute Gasteiger partial charge is 0.387 e. The number of aliphatic hydroxyl groups is 1. The first-order valence-electron chi connectivity index (χ1n) is 6.08. The molecule has 1 aromatic heterocycles. The predicted octanol–water partition coefficient (Wildman–Crippen LogP) is 3.87. The fourth-order valence-electron chi connectivity index (χ4n) is 2.18. The molecular weight excluding hydrogens is 246 g/mol. The molecule has 2 rings (SSSR count). The highest BCUT2D eigenvalue weighted by Gasteiger charge is 2.17. The summed E-state index contributed by atoms with van der Waals surface area (Å²) in [5, 5.41) is 11.0. The number of hydrogen-bond acceptors (Lipinski definition) is 1. The smallest absolute Gasteiger partial charge is 0.0981 e. The van der Waals surface area contributed by atoms with Crippen LogP contribution >= 0.6 is 11.6 Å². The molecule has 96 valence electrons. The summed E-state index contributed by atoms with van der Waals surface area (Å²) in [7, 11) is 0. The lowest BCUT2D eigenvalue weighted by atomic mass is 10.0. The molecule has 1 unspecified atom stereocenters. The highest BCUT2D eigenvalue weighted by Crippen LogP contribution is 2.27. The molecule has 0 aliphatic rings. The average molecular weight is 264 g/mol. The van der Waals surface area contributed by atoms with Gasteiger partial charge >= 0.3 is 0 Å². The van der Waals surface area contributed by atoms with E-state index in [4.69, 9.17) is 11.6 Å². The first-order valence-corrected chi connectivity index (χ1v) is 6.45. The molecule has 2 N–H and O–H groups in total. The van der Waals surface area contributed by atoms with Crippen molar-refractivity contribution in [2.75, 3.05) is 0 Å². The Balaban J connectivity index is 2.25. The maximum Gasteiger partial charge on any atom is 0.0981 e. The van der Waals surface area contributed by atoms with Gasteiger partial charge in [-0.05, 0) is 43.5 Å². The molecule has 1 atom stereocenters. The highest BCUT2D eigenvalue weighted by atomic mass is 35.5. The lowest BCUT2D eigenvalue weighted by Crippen LogP contribution is -2.04. The van der Waals surface area contributed by atoms with Crippen LogP contribution in [0.15, 0.2) is 24.3 Å². The Hall–Kier alpha value is -1.25. The van der Waals surface area contributed by atoms with Crippen molar-refractivity contribution >= 4 is 11.6 Å². The Morgan fingerprint density at radius 1 is 1.17 bits per heavy atom. The van der Waals surface area contributed by atoms with Crippen LogP contribution in [0.5, 0.6) is 0 Å². The zero-order valence-electron chi connectivity index (χ0n) is 10.9. The SMILES string of the molecule is Cc1[nH]c(C(O)Cc2ccccc2Cl)c(C)c1C. The Morgan fingerprint density at radius 3 is 2.39 bits per heavy atom. The number of benzene rings is 1. The molecule has 3 heteroatoms. The second-order valence-corrected chi connectivity index (χ2v) is 5.13. The van der Waals surface area contributed by atoms with E-state index in [0.29, 0.717) is 11.4 Å². The number of aromatic amines is 1. The summed E-state index contributed by atoms with van der Waals surface area (Å²) in [6, 6.07) is 7.63. The normalized spacial score (nSPS) is 12.7. The summed E-state index contributed by atoms with van der Waals surface area (Å²) in [6.45, 7) is 6.12. The first kappa shape index (κ1) is 13.2. The Labute approximate surface area is 113 Å². The highest BCUT2D eigenvalue weighted by molar-refractivity contribution is 6.31. The van der Waals surface area contributed by atoms with Gasteiger partial charge in [-0.2, -0.15) is 0 Å². The van der Waals surface area contributed by atoms with Crippen LogP contribution in [0.2, 0.25) is 5.02 Å². The molecular formula is C15H18ClNO. The molecule has 1 aromatic carbocycles. The molecule has 0 bridgehead atoms. The van der Waals surface area contributed by atoms with Gasteiger partial charge in [-0.3, -0.25) is 0 Å². The third-order valence-electron chi connectivity index (χ3n) is 3.56. The van der Waals surface area contributed by atoms with Crippen LogP contribution in [0, 0.1) is 20.8 Å². The lowest BCUT2D eigenvalue weighted by Gasteiger charge is -2.12. The number of halogens is 1. The molecule has 0 fully saturated rings. The topological polar surface area (TPSA) is 36.0 Å². The van der Waals surface area contributed by atoms with Gasteiger partial charge in [0.25, 0.3) is 0 Å². The number of hydrogen-bond donors (Lipinski definition) is 2. The van der Waals surface area contributed by atoms with Crippen molar-refractivity contribution in [2.24, 2.45) is 0 Å². The van der Waals surface area contributed by atoms with Crippen molar-refractivity contribution in [1.29, 1.82) is 0 Å². The fourth-order valence-corrected chi connectivity index (χ4v) is 2.39. The van der Waals surface area contributed by atoms with Crippen LogP contribution < -0.4 is 0 Å². The monoisotopic (exact) mass is 263 g/mol. The number of aliphatic hydroxyl groups excluding tert-OH is 1. The van der Waals surface area contributed by atoms with Crippen molar-refractivity contribution in [3.8, 4) is 0 Å². The van der Waals surface area contributed by atoms with E-state index in [0.717, 1.165) is 22.5 Å². The number of aryl methyl sites for hydroxylation is 1. The summed E-state index contributed by atoms with van der Waals surface area (Å²) in [5.41, 5.74) is 5.32. The van der Waals surface area contributed by atoms with Gasteiger partial charge in [0, 0.05) is 22.8 Å². The van der Waals surface area contributed by atoms with Gasteiger partial charge in [0.1, 0.15) is 0 Å². The minimum Gasteiger partial charge on any atom is -0.387 e. The van der Waals surface area contributed by atoms with E-state index in [2.05, 4.69) is 11.9 Å². The fraction of sp³-hybridized carbons (Fsp3) is 0.333. The van der Waals surface area contributed by atoms with E-state index in [9.17, 15) is 5.11 Å². The quantitative estimate of drug-likeness (QED) is 0.866. The van der Waals surface area contributed by atoms with E-state index in [-0.39, 0.29) is 0 Å². The minimum absolute atomic E-state index is 0.528. The molecule has 2 nitrogen and oxygen atoms in total. The second-order valence-electron chi connectivity index (χ2n) is 4.73. The van der Waals surface area contributed by atoms with Crippen molar-refractivity contribution in [2.45, 2.75) is 33.3 Å². The Morgan fingerprint density at radius 2 is 1.83 bits per heavy atom. The third-order valence-corrected chi connectivity index (χ3v) is 3.92. The molecule has 2 aromatic rings. The van der Waals surface area contributed by atoms with E-state index in [1.807, 2.05) is 38.1 Å². The maximum absolute atomic E-state index is 10.3. The van der Waals surface area contributed by atoms with Gasteiger partial charge in [-0.25, -0.2) is 0 Å². The maximum atomic E-state index is 10.3. The summed E-state index contributed by atoms with van der Waals surface area (Å²) < 4.78 is 0. The summed E-state index contributed by atoms with van der Waals surface area (Å²) in [6.07, 6.45) is -0.0165. The zero-order chi connectivity index (χ0) is 13.3. The summed E-state index contributed by atoms with van der Waals surface area (Å²) in [5.74, 6) is 0. The average Bonchev–Trinajstić information content (AvgIpc) is 2.60. The minimum atomic E-state index is -0.544. The van der Waals surface area contributed by atoms with Gasteiger partial charge < -0.3 is 10.1 Å². The van der Waals surface area contributed by atoms with Crippen LogP contribution in [-0.4, -0.2) is 10.1 Å². The summed E-state index contributed by atoms with van der Waals surface area (Å²) in [4.78, 5) is 3.26. The van der Waals surface area contributed by atoms with E-state index >= 15 is 0 Å². The van der Waals surface area contributed by atoms with Crippen molar-refractivity contribution in [3.63, 3.8) is 0 Å². The number of nitrogens with one attached hydrogen (secondary N) is 1. The number of H-pyrrole nitrogens is 1. The Bertz CT molecular complexity index is 560. The molecule has 0 saturated carbocycles. The second kappa shape index (κ2) is 5.17. The standard InChI is InChI=1S/C15H18ClNO/c1-9-10(2)15(17-11(9)3)14(18)8-12-6-4-5-7-13(12)16/h4-7,14,17-18H,8H2,1-3H3. The van der Waals surface area contributed by atoms with Crippen molar-refractivity contribution in [3.05, 3.63) is 57.4 Å². The van der Waals surface area contributed by atoms with Crippen LogP contribution in [0.25, 0.3) is 0 Å². The third kappa shape index (κ3) is 2.45. The Kier molecular flexibility index (Phi) is 3.79. The molecule has 0 aliphatic heterocycles. The van der Waals surface area contributed by atoms with Gasteiger partial charge in [-0.1, -0.05) is 29.8 Å². The predicted molar refractivity (Wildman–Crippen MR) is 75.1 cm³/mol. The van der Waals surface area contributed by atoms with Gasteiger partial charge in [0.05, 0.1) is 6.10 Å². The van der Waals surface area contributed by atoms with Crippen LogP contribution in [0.4, 0.5) is 0 Å². The molecule has 0 aliphatic carbocycles. The van der Waals surface area contributed by atoms with Crippen LogP contribution in [-0.2, 0) is 6.42 Å². The van der Waals surface area contributed by atoms with Crippen molar-refractivity contribution in [1.82, 2.24) is 4.98 Å². The van der Waals surface area contributed by atoms with Crippen LogP contribution in [0.1, 0.15) is 34.2 Å². The van der Waals surface area contributed by atoms with Crippen LogP contribution in [0.3, 0.4) is 0 Å². The van der Waals surface area contributed by atoms with Gasteiger partial charge in [-0.15, -0.1) is 0 Å². The molecule has 0 saturated heterocycles. The lowest BCUT2D eigenvalue weighted by molar-refractivity contribution is 0.173. The molecule has 0 radical (unpaired) electrons. The number of rotatable bonds is 3. The molecule has 0 amide bonds. The summed E-state index contributed by atoms with van der Waals surface area (Å²) >= 11 is 6.11. The van der Waals surface area contributed by atoms with E-state index in [1.165, 1.54) is 5.56 Å². The molecule has 0 spiro atoms. The van der Waals surface area contributed by atoms with Gasteiger partial charge in [0.15, 0.2) is 0 Å². The van der Waals surface area contributed by atoms with Gasteiger partial charge in [0.2, 0.25) is 0 Å². The molecule has 1 heterocycles. The van der Waals surface area contributed by atoms with Crippen molar-refractivity contribution < 1.29 is 5.11 Å². The van der Waals surface area contributed by atoms with E-state index in [1.54, 1.807) is 0 Å². The van der Waals surface area contributed by atoms with E-state index < -0.39 is 6.10 Å². The zero-order valence-corrected chi connectivity index (χ0v) is 11.7. The first-order chi connectivity index (χ1) is 8.50. The number of aromatic nitrogens is 1.